The molecule has 0 aliphatic heterocycles. The van der Waals surface area contributed by atoms with Gasteiger partial charge in [-0.1, -0.05) is 0 Å². The molecule has 0 bridgehead atoms. The van der Waals surface area contributed by atoms with E-state index in [1.165, 1.54) is 18.2 Å². The van der Waals surface area contributed by atoms with Crippen LogP contribution in [-0.4, -0.2) is 30.5 Å². The zero-order valence-electron chi connectivity index (χ0n) is 10.4. The summed E-state index contributed by atoms with van der Waals surface area (Å²) in [5.74, 6) is 0. The van der Waals surface area contributed by atoms with Gasteiger partial charge in [-0.25, -0.2) is 0 Å². The van der Waals surface area contributed by atoms with Gasteiger partial charge in [0.15, 0.2) is 0 Å². The predicted octanol–water partition coefficient (Wildman–Crippen LogP) is 2.24. The van der Waals surface area contributed by atoms with E-state index in [9.17, 15) is 14.9 Å². The molecule has 1 N–H and O–H groups in total. The lowest BCUT2D eigenvalue weighted by Crippen LogP contribution is -2.22. The van der Waals surface area contributed by atoms with Gasteiger partial charge >= 0.3 is 0 Å². The maximum atomic E-state index is 10.9. The Morgan fingerprint density at radius 3 is 2.83 bits per heavy atom. The smallest absolute Gasteiger partial charge is 0.293 e. The van der Waals surface area contributed by atoms with Crippen LogP contribution in [0.2, 0.25) is 0 Å². The van der Waals surface area contributed by atoms with Crippen LogP contribution in [0.25, 0.3) is 0 Å². The number of nitrogens with one attached hydrogen (secondary N) is 1. The average molecular weight is 252 g/mol. The molecule has 6 nitrogen and oxygen atoms in total. The second kappa shape index (κ2) is 6.70. The third kappa shape index (κ3) is 3.81. The maximum Gasteiger partial charge on any atom is 0.293 e. The van der Waals surface area contributed by atoms with E-state index in [4.69, 9.17) is 4.74 Å². The van der Waals surface area contributed by atoms with Gasteiger partial charge in [0.1, 0.15) is 12.0 Å². The first-order chi connectivity index (χ1) is 8.58. The third-order valence-corrected chi connectivity index (χ3v) is 2.33. The van der Waals surface area contributed by atoms with E-state index in [-0.39, 0.29) is 17.3 Å². The Balaban J connectivity index is 2.87. The van der Waals surface area contributed by atoms with Crippen LogP contribution in [-0.2, 0) is 4.74 Å². The van der Waals surface area contributed by atoms with Crippen molar-refractivity contribution in [2.45, 2.75) is 19.9 Å². The van der Waals surface area contributed by atoms with E-state index in [1.54, 1.807) is 0 Å². The van der Waals surface area contributed by atoms with Crippen LogP contribution in [0.4, 0.5) is 11.4 Å². The molecule has 0 aromatic heterocycles. The minimum absolute atomic E-state index is 0.0502. The molecule has 0 amide bonds. The van der Waals surface area contributed by atoms with Crippen LogP contribution >= 0.6 is 0 Å². The summed E-state index contributed by atoms with van der Waals surface area (Å²) in [7, 11) is 0. The first kappa shape index (κ1) is 14.1. The van der Waals surface area contributed by atoms with Crippen molar-refractivity contribution in [3.8, 4) is 0 Å². The molecule has 0 saturated heterocycles. The molecule has 0 spiro atoms. The lowest BCUT2D eigenvalue weighted by molar-refractivity contribution is -0.384. The van der Waals surface area contributed by atoms with Gasteiger partial charge in [0.05, 0.1) is 11.5 Å². The van der Waals surface area contributed by atoms with Gasteiger partial charge in [-0.15, -0.1) is 0 Å². The minimum Gasteiger partial charge on any atom is -0.380 e. The van der Waals surface area contributed by atoms with Gasteiger partial charge in [0.25, 0.3) is 5.69 Å². The highest BCUT2D eigenvalue weighted by Crippen LogP contribution is 2.25. The van der Waals surface area contributed by atoms with Crippen molar-refractivity contribution in [1.82, 2.24) is 0 Å². The van der Waals surface area contributed by atoms with E-state index in [0.717, 1.165) is 0 Å². The van der Waals surface area contributed by atoms with Crippen LogP contribution < -0.4 is 5.32 Å². The Labute approximate surface area is 105 Å². The van der Waals surface area contributed by atoms with Gasteiger partial charge in [0.2, 0.25) is 0 Å². The summed E-state index contributed by atoms with van der Waals surface area (Å²) in [6.45, 7) is 4.81. The number of ether oxygens (including phenoxy) is 1. The predicted molar refractivity (Wildman–Crippen MR) is 68.1 cm³/mol. The van der Waals surface area contributed by atoms with E-state index in [0.29, 0.717) is 25.2 Å². The van der Waals surface area contributed by atoms with Crippen LogP contribution in [0.1, 0.15) is 24.2 Å². The largest absolute Gasteiger partial charge is 0.380 e. The van der Waals surface area contributed by atoms with Crippen molar-refractivity contribution < 1.29 is 14.5 Å². The molecular weight excluding hydrogens is 236 g/mol. The molecule has 1 unspecified atom stereocenters. The number of nitro groups is 1. The highest BCUT2D eigenvalue weighted by molar-refractivity contribution is 5.79. The molecule has 98 valence electrons. The van der Waals surface area contributed by atoms with Gasteiger partial charge in [0, 0.05) is 24.3 Å². The van der Waals surface area contributed by atoms with Gasteiger partial charge < -0.3 is 10.1 Å². The van der Waals surface area contributed by atoms with Crippen LogP contribution in [0.15, 0.2) is 18.2 Å². The number of nitrogens with zero attached hydrogens (tertiary/aromatic N) is 1. The quantitative estimate of drug-likeness (QED) is 0.457. The second-order valence-corrected chi connectivity index (χ2v) is 3.86. The highest BCUT2D eigenvalue weighted by Gasteiger charge is 2.16. The fourth-order valence-corrected chi connectivity index (χ4v) is 1.50. The SMILES string of the molecule is CCOCC(C)Nc1ccc(C=O)cc1[N+](=O)[O-]. The normalized spacial score (nSPS) is 11.9. The van der Waals surface area contributed by atoms with Crippen molar-refractivity contribution in [2.24, 2.45) is 0 Å². The van der Waals surface area contributed by atoms with Gasteiger partial charge in [-0.2, -0.15) is 0 Å². The molecule has 0 aliphatic carbocycles. The highest BCUT2D eigenvalue weighted by atomic mass is 16.6. The number of carbonyl (C=O) groups is 1. The molecule has 1 rings (SSSR count). The number of carbonyl (C=O) groups excluding carboxylic acids is 1. The van der Waals surface area contributed by atoms with E-state index < -0.39 is 4.92 Å². The molecule has 0 radical (unpaired) electrons. The molecule has 0 aliphatic rings. The summed E-state index contributed by atoms with van der Waals surface area (Å²) in [5.41, 5.74) is 0.561. The maximum absolute atomic E-state index is 10.9. The van der Waals surface area contributed by atoms with Crippen LogP contribution in [0, 0.1) is 10.1 Å². The molecule has 1 aromatic rings. The summed E-state index contributed by atoms with van der Waals surface area (Å²) in [6, 6.07) is 4.27. The number of nitro benzene ring substituents is 1. The first-order valence-electron chi connectivity index (χ1n) is 5.66. The van der Waals surface area contributed by atoms with Crippen molar-refractivity contribution in [3.05, 3.63) is 33.9 Å². The molecule has 0 saturated carbocycles. The van der Waals surface area contributed by atoms with Crippen LogP contribution in [0.5, 0.6) is 0 Å². The summed E-state index contributed by atoms with van der Waals surface area (Å²) in [6.07, 6.45) is 0.584. The topological polar surface area (TPSA) is 81.5 Å². The third-order valence-electron chi connectivity index (χ3n) is 2.33. The number of benzene rings is 1. The van der Waals surface area contributed by atoms with E-state index in [1.807, 2.05) is 13.8 Å². The Morgan fingerprint density at radius 1 is 1.56 bits per heavy atom. The lowest BCUT2D eigenvalue weighted by atomic mass is 10.1. The molecule has 6 heteroatoms. The molecule has 0 heterocycles. The molecule has 0 fully saturated rings. The minimum atomic E-state index is -0.511. The van der Waals surface area contributed by atoms with Crippen LogP contribution in [0.3, 0.4) is 0 Å². The summed E-state index contributed by atoms with van der Waals surface area (Å²) in [4.78, 5) is 21.0. The first-order valence-corrected chi connectivity index (χ1v) is 5.66. The fourth-order valence-electron chi connectivity index (χ4n) is 1.50. The molecule has 1 atom stereocenters. The lowest BCUT2D eigenvalue weighted by Gasteiger charge is -2.15. The fraction of sp³-hybridized carbons (Fsp3) is 0.417. The number of hydrogen-bond donors (Lipinski definition) is 1. The van der Waals surface area contributed by atoms with Gasteiger partial charge in [-0.3, -0.25) is 14.9 Å². The Kier molecular flexibility index (Phi) is 5.26. The zero-order chi connectivity index (χ0) is 13.5. The number of hydrogen-bond acceptors (Lipinski definition) is 5. The van der Waals surface area contributed by atoms with Crippen molar-refractivity contribution in [3.63, 3.8) is 0 Å². The number of aldehydes is 1. The van der Waals surface area contributed by atoms with Crippen molar-refractivity contribution in [2.75, 3.05) is 18.5 Å². The average Bonchev–Trinajstić information content (AvgIpc) is 2.36. The summed E-state index contributed by atoms with van der Waals surface area (Å²) in [5, 5.41) is 13.9. The number of rotatable bonds is 7. The second-order valence-electron chi connectivity index (χ2n) is 3.86. The van der Waals surface area contributed by atoms with Gasteiger partial charge in [-0.05, 0) is 26.0 Å². The molecular formula is C12H16N2O4. The van der Waals surface area contributed by atoms with E-state index in [2.05, 4.69) is 5.32 Å². The summed E-state index contributed by atoms with van der Waals surface area (Å²) < 4.78 is 5.22. The van der Waals surface area contributed by atoms with Crippen molar-refractivity contribution >= 4 is 17.7 Å². The Morgan fingerprint density at radius 2 is 2.28 bits per heavy atom. The molecule has 1 aromatic carbocycles. The Bertz CT molecular complexity index is 434. The number of anilines is 1. The standard InChI is InChI=1S/C12H16N2O4/c1-3-18-8-9(2)13-11-5-4-10(7-15)6-12(11)14(16)17/h4-7,9,13H,3,8H2,1-2H3. The zero-order valence-corrected chi connectivity index (χ0v) is 10.4. The van der Waals surface area contributed by atoms with E-state index >= 15 is 0 Å². The van der Waals surface area contributed by atoms with Crippen molar-refractivity contribution in [1.29, 1.82) is 0 Å². The monoisotopic (exact) mass is 252 g/mol. The summed E-state index contributed by atoms with van der Waals surface area (Å²) >= 11 is 0. The Hall–Kier alpha value is -1.95. The molecule has 18 heavy (non-hydrogen) atoms.